The number of fused-ring (bicyclic) bond motifs is 1. The van der Waals surface area contributed by atoms with Crippen molar-refractivity contribution in [3.05, 3.63) is 75.9 Å². The normalized spacial score (nSPS) is 12.6. The molecular formula is C16H12Cl2N2. The van der Waals surface area contributed by atoms with Crippen LogP contribution in [0.2, 0.25) is 10.0 Å². The minimum absolute atomic E-state index is 0.293. The molecular weight excluding hydrogens is 291 g/mol. The Morgan fingerprint density at radius 3 is 2.45 bits per heavy atom. The number of aromatic nitrogens is 1. The van der Waals surface area contributed by atoms with Crippen LogP contribution in [0.1, 0.15) is 17.2 Å². The van der Waals surface area contributed by atoms with Crippen LogP contribution in [0.5, 0.6) is 0 Å². The van der Waals surface area contributed by atoms with Gasteiger partial charge in [0.05, 0.1) is 11.6 Å². The van der Waals surface area contributed by atoms with E-state index in [4.69, 9.17) is 28.9 Å². The quantitative estimate of drug-likeness (QED) is 0.752. The van der Waals surface area contributed by atoms with Crippen molar-refractivity contribution in [2.75, 3.05) is 0 Å². The maximum Gasteiger partial charge on any atom is 0.0705 e. The number of halogens is 2. The van der Waals surface area contributed by atoms with E-state index in [1.807, 2.05) is 42.5 Å². The van der Waals surface area contributed by atoms with Gasteiger partial charge >= 0.3 is 0 Å². The lowest BCUT2D eigenvalue weighted by molar-refractivity contribution is 0.880. The second-order valence-corrected chi connectivity index (χ2v) is 5.47. The highest BCUT2D eigenvalue weighted by molar-refractivity contribution is 6.34. The van der Waals surface area contributed by atoms with Crippen LogP contribution in [0, 0.1) is 0 Å². The summed E-state index contributed by atoms with van der Waals surface area (Å²) in [6.07, 6.45) is 1.77. The molecule has 1 unspecified atom stereocenters. The molecule has 1 heterocycles. The molecule has 3 aromatic rings. The van der Waals surface area contributed by atoms with Gasteiger partial charge in [0.15, 0.2) is 0 Å². The molecule has 2 N–H and O–H groups in total. The molecule has 1 atom stereocenters. The lowest BCUT2D eigenvalue weighted by atomic mass is 9.96. The Bertz CT molecular complexity index is 746. The third-order valence-electron chi connectivity index (χ3n) is 3.26. The van der Waals surface area contributed by atoms with Crippen LogP contribution in [0.4, 0.5) is 0 Å². The summed E-state index contributed by atoms with van der Waals surface area (Å²) in [5, 5.41) is 2.21. The third kappa shape index (κ3) is 2.50. The maximum atomic E-state index is 6.38. The molecule has 2 aromatic carbocycles. The van der Waals surface area contributed by atoms with Crippen molar-refractivity contribution in [1.82, 2.24) is 4.98 Å². The van der Waals surface area contributed by atoms with Crippen molar-refractivity contribution in [2.24, 2.45) is 5.73 Å². The minimum atomic E-state index is -0.293. The Balaban J connectivity index is 2.15. The monoisotopic (exact) mass is 302 g/mol. The Labute approximate surface area is 127 Å². The molecule has 0 fully saturated rings. The summed E-state index contributed by atoms with van der Waals surface area (Å²) in [5.74, 6) is 0. The van der Waals surface area contributed by atoms with E-state index in [2.05, 4.69) is 4.98 Å². The van der Waals surface area contributed by atoms with Crippen molar-refractivity contribution >= 4 is 34.1 Å². The summed E-state index contributed by atoms with van der Waals surface area (Å²) in [6, 6.07) is 14.9. The number of benzene rings is 2. The van der Waals surface area contributed by atoms with Gasteiger partial charge in [0.2, 0.25) is 0 Å². The lowest BCUT2D eigenvalue weighted by Crippen LogP contribution is -2.12. The number of rotatable bonds is 2. The molecule has 0 aliphatic rings. The zero-order valence-corrected chi connectivity index (χ0v) is 12.1. The number of hydrogen-bond donors (Lipinski definition) is 1. The molecule has 0 saturated heterocycles. The summed E-state index contributed by atoms with van der Waals surface area (Å²) in [7, 11) is 0. The Morgan fingerprint density at radius 2 is 1.70 bits per heavy atom. The highest BCUT2D eigenvalue weighted by Crippen LogP contribution is 2.29. The molecule has 2 nitrogen and oxygen atoms in total. The van der Waals surface area contributed by atoms with Crippen molar-refractivity contribution in [3.63, 3.8) is 0 Å². The van der Waals surface area contributed by atoms with E-state index in [1.165, 1.54) is 0 Å². The highest BCUT2D eigenvalue weighted by atomic mass is 35.5. The summed E-state index contributed by atoms with van der Waals surface area (Å²) in [6.45, 7) is 0. The summed E-state index contributed by atoms with van der Waals surface area (Å²) < 4.78 is 0. The molecule has 100 valence electrons. The number of nitrogens with zero attached hydrogens (tertiary/aromatic N) is 1. The zero-order valence-electron chi connectivity index (χ0n) is 10.6. The van der Waals surface area contributed by atoms with Gasteiger partial charge in [0.25, 0.3) is 0 Å². The molecule has 1 aromatic heterocycles. The predicted octanol–water partition coefficient (Wildman–Crippen LogP) is 4.59. The molecule has 3 rings (SSSR count). The van der Waals surface area contributed by atoms with Gasteiger partial charge in [-0.15, -0.1) is 0 Å². The molecule has 0 saturated carbocycles. The van der Waals surface area contributed by atoms with Crippen LogP contribution in [0.25, 0.3) is 10.9 Å². The summed E-state index contributed by atoms with van der Waals surface area (Å²) in [4.78, 5) is 4.35. The van der Waals surface area contributed by atoms with Gasteiger partial charge in [-0.2, -0.15) is 0 Å². The summed E-state index contributed by atoms with van der Waals surface area (Å²) in [5.41, 5.74) is 9.20. The van der Waals surface area contributed by atoms with E-state index in [0.29, 0.717) is 10.0 Å². The molecule has 0 bridgehead atoms. The first kappa shape index (κ1) is 13.4. The number of pyridine rings is 1. The first-order valence-corrected chi connectivity index (χ1v) is 6.96. The Hall–Kier alpha value is -1.61. The fourth-order valence-corrected chi connectivity index (χ4v) is 2.88. The van der Waals surface area contributed by atoms with Crippen LogP contribution in [0.3, 0.4) is 0 Å². The van der Waals surface area contributed by atoms with Crippen LogP contribution in [0.15, 0.2) is 54.7 Å². The first-order valence-electron chi connectivity index (χ1n) is 6.20. The summed E-state index contributed by atoms with van der Waals surface area (Å²) >= 11 is 12.1. The van der Waals surface area contributed by atoms with Crippen molar-refractivity contribution in [3.8, 4) is 0 Å². The van der Waals surface area contributed by atoms with Crippen molar-refractivity contribution in [2.45, 2.75) is 6.04 Å². The van der Waals surface area contributed by atoms with Crippen molar-refractivity contribution < 1.29 is 0 Å². The van der Waals surface area contributed by atoms with Gasteiger partial charge in [-0.3, -0.25) is 4.98 Å². The molecule has 0 radical (unpaired) electrons. The smallest absolute Gasteiger partial charge is 0.0705 e. The molecule has 0 amide bonds. The van der Waals surface area contributed by atoms with Gasteiger partial charge in [-0.05, 0) is 41.5 Å². The van der Waals surface area contributed by atoms with Crippen LogP contribution >= 0.6 is 23.2 Å². The third-order valence-corrected chi connectivity index (χ3v) is 3.69. The minimum Gasteiger partial charge on any atom is -0.320 e. The second kappa shape index (κ2) is 5.41. The fourth-order valence-electron chi connectivity index (χ4n) is 2.33. The Kier molecular flexibility index (Phi) is 3.62. The second-order valence-electron chi connectivity index (χ2n) is 4.60. The maximum absolute atomic E-state index is 6.38. The van der Waals surface area contributed by atoms with Gasteiger partial charge < -0.3 is 5.73 Å². The number of nitrogens with two attached hydrogens (primary N) is 1. The van der Waals surface area contributed by atoms with Crippen LogP contribution in [-0.4, -0.2) is 4.98 Å². The van der Waals surface area contributed by atoms with E-state index >= 15 is 0 Å². The first-order chi connectivity index (χ1) is 9.65. The van der Waals surface area contributed by atoms with E-state index in [-0.39, 0.29) is 6.04 Å². The zero-order chi connectivity index (χ0) is 14.1. The van der Waals surface area contributed by atoms with Crippen LogP contribution in [-0.2, 0) is 0 Å². The SMILES string of the molecule is NC(c1cc(Cl)cc(Cl)c1)c1cccc2ncccc12. The Morgan fingerprint density at radius 1 is 0.950 bits per heavy atom. The highest BCUT2D eigenvalue weighted by Gasteiger charge is 2.13. The van der Waals surface area contributed by atoms with E-state index in [9.17, 15) is 0 Å². The largest absolute Gasteiger partial charge is 0.320 e. The average Bonchev–Trinajstić information content (AvgIpc) is 2.45. The van der Waals surface area contributed by atoms with E-state index in [0.717, 1.165) is 22.0 Å². The molecule has 0 aliphatic heterocycles. The van der Waals surface area contributed by atoms with Gasteiger partial charge in [0, 0.05) is 21.6 Å². The fraction of sp³-hybridized carbons (Fsp3) is 0.0625. The van der Waals surface area contributed by atoms with Gasteiger partial charge in [-0.1, -0.05) is 41.4 Å². The molecule has 20 heavy (non-hydrogen) atoms. The van der Waals surface area contributed by atoms with Gasteiger partial charge in [-0.25, -0.2) is 0 Å². The molecule has 0 aliphatic carbocycles. The standard InChI is InChI=1S/C16H12Cl2N2/c17-11-7-10(8-12(18)9-11)16(19)14-3-1-5-15-13(14)4-2-6-20-15/h1-9,16H,19H2. The van der Waals surface area contributed by atoms with Crippen molar-refractivity contribution in [1.29, 1.82) is 0 Å². The van der Waals surface area contributed by atoms with E-state index in [1.54, 1.807) is 12.3 Å². The number of hydrogen-bond acceptors (Lipinski definition) is 2. The van der Waals surface area contributed by atoms with Crippen LogP contribution < -0.4 is 5.73 Å². The topological polar surface area (TPSA) is 38.9 Å². The average molecular weight is 303 g/mol. The predicted molar refractivity (Wildman–Crippen MR) is 84.2 cm³/mol. The van der Waals surface area contributed by atoms with Gasteiger partial charge in [0.1, 0.15) is 0 Å². The molecule has 0 spiro atoms. The lowest BCUT2D eigenvalue weighted by Gasteiger charge is -2.15. The molecule has 4 heteroatoms. The van der Waals surface area contributed by atoms with E-state index < -0.39 is 0 Å².